The molecule has 2 aromatic rings. The van der Waals surface area contributed by atoms with E-state index in [1.807, 2.05) is 24.3 Å². The summed E-state index contributed by atoms with van der Waals surface area (Å²) < 4.78 is 19.0. The smallest absolute Gasteiger partial charge is 0.257 e. The van der Waals surface area contributed by atoms with Gasteiger partial charge in [-0.1, -0.05) is 24.3 Å². The summed E-state index contributed by atoms with van der Waals surface area (Å²) in [6, 6.07) is 13.9. The van der Waals surface area contributed by atoms with Crippen LogP contribution in [0.3, 0.4) is 0 Å². The fourth-order valence-corrected chi connectivity index (χ4v) is 2.97. The summed E-state index contributed by atoms with van der Waals surface area (Å²) >= 11 is 0. The molecule has 2 aromatic carbocycles. The van der Waals surface area contributed by atoms with E-state index >= 15 is 0 Å². The number of halogens is 1. The molecule has 3 nitrogen and oxygen atoms in total. The lowest BCUT2D eigenvalue weighted by atomic mass is 10.0. The van der Waals surface area contributed by atoms with Crippen LogP contribution in [0, 0.1) is 5.82 Å². The Morgan fingerprint density at radius 1 is 1.18 bits per heavy atom. The minimum atomic E-state index is -0.465. The Morgan fingerprint density at radius 3 is 2.59 bits per heavy atom. The number of carbonyl (C=O) groups is 1. The maximum atomic E-state index is 13.9. The summed E-state index contributed by atoms with van der Waals surface area (Å²) in [5.41, 5.74) is 1.20. The van der Waals surface area contributed by atoms with Gasteiger partial charge in [-0.05, 0) is 42.7 Å². The number of likely N-dealkylation sites (tertiary alicyclic amines) is 1. The molecule has 3 rings (SSSR count). The first-order valence-corrected chi connectivity index (χ1v) is 7.40. The quantitative estimate of drug-likeness (QED) is 0.862. The number of rotatable bonds is 3. The second-order valence-electron chi connectivity index (χ2n) is 5.41. The van der Waals surface area contributed by atoms with Crippen LogP contribution < -0.4 is 4.74 Å². The molecule has 4 heteroatoms. The second-order valence-corrected chi connectivity index (χ2v) is 5.41. The SMILES string of the molecule is COc1ccc(C2CCCN2C(=O)c2ccccc2F)cc1. The van der Waals surface area contributed by atoms with Crippen molar-refractivity contribution in [2.45, 2.75) is 18.9 Å². The molecule has 0 bridgehead atoms. The molecule has 1 aliphatic rings. The topological polar surface area (TPSA) is 29.5 Å². The van der Waals surface area contributed by atoms with Gasteiger partial charge in [-0.25, -0.2) is 4.39 Å². The molecular formula is C18H18FNO2. The highest BCUT2D eigenvalue weighted by Crippen LogP contribution is 2.34. The van der Waals surface area contributed by atoms with Crippen LogP contribution in [0.4, 0.5) is 4.39 Å². The van der Waals surface area contributed by atoms with Gasteiger partial charge in [0.25, 0.3) is 5.91 Å². The number of hydrogen-bond donors (Lipinski definition) is 0. The van der Waals surface area contributed by atoms with Crippen molar-refractivity contribution >= 4 is 5.91 Å². The molecule has 1 aliphatic heterocycles. The Kier molecular flexibility index (Phi) is 4.09. The first-order valence-electron chi connectivity index (χ1n) is 7.40. The Labute approximate surface area is 129 Å². The van der Waals surface area contributed by atoms with Gasteiger partial charge in [-0.15, -0.1) is 0 Å². The summed E-state index contributed by atoms with van der Waals surface area (Å²) in [5, 5.41) is 0. The molecule has 1 amide bonds. The van der Waals surface area contributed by atoms with E-state index in [9.17, 15) is 9.18 Å². The zero-order valence-electron chi connectivity index (χ0n) is 12.5. The number of nitrogens with zero attached hydrogens (tertiary/aromatic N) is 1. The Morgan fingerprint density at radius 2 is 1.91 bits per heavy atom. The summed E-state index contributed by atoms with van der Waals surface area (Å²) in [7, 11) is 1.62. The number of hydrogen-bond acceptors (Lipinski definition) is 2. The van der Waals surface area contributed by atoms with Crippen molar-refractivity contribution in [2.75, 3.05) is 13.7 Å². The molecule has 0 aromatic heterocycles. The lowest BCUT2D eigenvalue weighted by Gasteiger charge is -2.25. The van der Waals surface area contributed by atoms with Gasteiger partial charge in [-0.2, -0.15) is 0 Å². The third kappa shape index (κ3) is 2.69. The van der Waals surface area contributed by atoms with Crippen molar-refractivity contribution in [2.24, 2.45) is 0 Å². The Balaban J connectivity index is 1.86. The largest absolute Gasteiger partial charge is 0.497 e. The number of ether oxygens (including phenoxy) is 1. The summed E-state index contributed by atoms with van der Waals surface area (Å²) in [6.45, 7) is 0.657. The van der Waals surface area contributed by atoms with Gasteiger partial charge in [0.2, 0.25) is 0 Å². The minimum absolute atomic E-state index is 0.00184. The molecular weight excluding hydrogens is 281 g/mol. The zero-order valence-corrected chi connectivity index (χ0v) is 12.5. The van der Waals surface area contributed by atoms with Crippen LogP contribution in [0.2, 0.25) is 0 Å². The molecule has 0 spiro atoms. The normalized spacial score (nSPS) is 17.5. The highest BCUT2D eigenvalue weighted by Gasteiger charge is 2.31. The van der Waals surface area contributed by atoms with E-state index in [0.29, 0.717) is 6.54 Å². The van der Waals surface area contributed by atoms with Crippen LogP contribution in [0.1, 0.15) is 34.8 Å². The molecule has 1 fully saturated rings. The first kappa shape index (κ1) is 14.6. The van der Waals surface area contributed by atoms with E-state index in [0.717, 1.165) is 24.2 Å². The van der Waals surface area contributed by atoms with Crippen LogP contribution in [-0.2, 0) is 0 Å². The molecule has 1 heterocycles. The lowest BCUT2D eigenvalue weighted by Crippen LogP contribution is -2.31. The Hall–Kier alpha value is -2.36. The van der Waals surface area contributed by atoms with Gasteiger partial charge < -0.3 is 9.64 Å². The number of benzene rings is 2. The van der Waals surface area contributed by atoms with E-state index in [1.54, 1.807) is 30.2 Å². The zero-order chi connectivity index (χ0) is 15.5. The highest BCUT2D eigenvalue weighted by molar-refractivity contribution is 5.95. The molecule has 1 unspecified atom stereocenters. The first-order chi connectivity index (χ1) is 10.7. The van der Waals surface area contributed by atoms with Crippen molar-refractivity contribution in [3.63, 3.8) is 0 Å². The molecule has 114 valence electrons. The van der Waals surface area contributed by atoms with Crippen LogP contribution in [0.5, 0.6) is 5.75 Å². The molecule has 22 heavy (non-hydrogen) atoms. The maximum Gasteiger partial charge on any atom is 0.257 e. The number of amides is 1. The number of carbonyl (C=O) groups excluding carboxylic acids is 1. The second kappa shape index (κ2) is 6.18. The van der Waals surface area contributed by atoms with E-state index in [-0.39, 0.29) is 17.5 Å². The number of methoxy groups -OCH3 is 1. The summed E-state index contributed by atoms with van der Waals surface area (Å²) in [6.07, 6.45) is 1.82. The van der Waals surface area contributed by atoms with Gasteiger partial charge in [0, 0.05) is 6.54 Å². The van der Waals surface area contributed by atoms with Gasteiger partial charge in [0.15, 0.2) is 0 Å². The van der Waals surface area contributed by atoms with Crippen LogP contribution in [0.25, 0.3) is 0 Å². The molecule has 1 atom stereocenters. The predicted molar refractivity (Wildman–Crippen MR) is 82.4 cm³/mol. The van der Waals surface area contributed by atoms with E-state index in [2.05, 4.69) is 0 Å². The van der Waals surface area contributed by atoms with Crippen LogP contribution in [-0.4, -0.2) is 24.5 Å². The third-order valence-electron chi connectivity index (χ3n) is 4.12. The molecule has 1 saturated heterocycles. The highest BCUT2D eigenvalue weighted by atomic mass is 19.1. The van der Waals surface area contributed by atoms with Crippen molar-refractivity contribution in [3.8, 4) is 5.75 Å². The predicted octanol–water partition coefficient (Wildman–Crippen LogP) is 3.81. The lowest BCUT2D eigenvalue weighted by molar-refractivity contribution is 0.0731. The average Bonchev–Trinajstić information content (AvgIpc) is 3.04. The maximum absolute atomic E-state index is 13.9. The van der Waals surface area contributed by atoms with Gasteiger partial charge in [0.1, 0.15) is 11.6 Å². The van der Waals surface area contributed by atoms with Crippen molar-refractivity contribution in [1.82, 2.24) is 4.90 Å². The van der Waals surface area contributed by atoms with Crippen LogP contribution in [0.15, 0.2) is 48.5 Å². The standard InChI is InChI=1S/C18H18FNO2/c1-22-14-10-8-13(9-11-14)17-7-4-12-20(17)18(21)15-5-2-3-6-16(15)19/h2-3,5-6,8-11,17H,4,7,12H2,1H3. The molecule has 0 aliphatic carbocycles. The fourth-order valence-electron chi connectivity index (χ4n) is 2.97. The van der Waals surface area contributed by atoms with Crippen molar-refractivity contribution in [1.29, 1.82) is 0 Å². The van der Waals surface area contributed by atoms with Crippen LogP contribution >= 0.6 is 0 Å². The Bertz CT molecular complexity index is 669. The van der Waals surface area contributed by atoms with E-state index < -0.39 is 5.82 Å². The molecule has 0 radical (unpaired) electrons. The summed E-state index contributed by atoms with van der Waals surface area (Å²) in [4.78, 5) is 14.4. The third-order valence-corrected chi connectivity index (χ3v) is 4.12. The van der Waals surface area contributed by atoms with Crippen molar-refractivity contribution in [3.05, 3.63) is 65.5 Å². The van der Waals surface area contributed by atoms with E-state index in [4.69, 9.17) is 4.74 Å². The molecule has 0 N–H and O–H groups in total. The minimum Gasteiger partial charge on any atom is -0.497 e. The van der Waals surface area contributed by atoms with Gasteiger partial charge in [0.05, 0.1) is 18.7 Å². The van der Waals surface area contributed by atoms with Crippen molar-refractivity contribution < 1.29 is 13.9 Å². The van der Waals surface area contributed by atoms with Gasteiger partial charge >= 0.3 is 0 Å². The van der Waals surface area contributed by atoms with Gasteiger partial charge in [-0.3, -0.25) is 4.79 Å². The fraction of sp³-hybridized carbons (Fsp3) is 0.278. The average molecular weight is 299 g/mol. The summed E-state index contributed by atoms with van der Waals surface area (Å²) in [5.74, 6) is 0.0815. The molecule has 0 saturated carbocycles. The monoisotopic (exact) mass is 299 g/mol. The van der Waals surface area contributed by atoms with E-state index in [1.165, 1.54) is 6.07 Å².